The van der Waals surface area contributed by atoms with Crippen LogP contribution in [0.3, 0.4) is 0 Å². The van der Waals surface area contributed by atoms with E-state index in [2.05, 4.69) is 240 Å². The highest BCUT2D eigenvalue weighted by Crippen LogP contribution is 2.39. The average Bonchev–Trinajstić information content (AvgIpc) is 1.43. The van der Waals surface area contributed by atoms with Gasteiger partial charge in [0.1, 0.15) is 57.3 Å². The van der Waals surface area contributed by atoms with Gasteiger partial charge in [0.25, 0.3) is 11.6 Å². The molecule has 0 aliphatic carbocycles. The molecule has 12 aromatic rings. The second-order valence-corrected chi connectivity index (χ2v) is 34.0. The molecule has 0 spiro atoms. The van der Waals surface area contributed by atoms with E-state index in [0.29, 0.717) is 40.4 Å². The molecule has 0 bridgehead atoms. The van der Waals surface area contributed by atoms with Gasteiger partial charge in [-0.2, -0.15) is 9.13 Å². The first-order chi connectivity index (χ1) is 57.2. The Morgan fingerprint density at radius 3 is 1.06 bits per heavy atom. The zero-order valence-corrected chi connectivity index (χ0v) is 73.6. The maximum Gasteiger partial charge on any atom is 0.294 e. The molecule has 0 saturated carbocycles. The van der Waals surface area contributed by atoms with Crippen molar-refractivity contribution in [2.45, 2.75) is 246 Å². The van der Waals surface area contributed by atoms with Gasteiger partial charge in [0.15, 0.2) is 18.6 Å². The highest BCUT2D eigenvalue weighted by Gasteiger charge is 2.31. The van der Waals surface area contributed by atoms with Crippen LogP contribution in [0.5, 0.6) is 0 Å². The molecule has 0 N–H and O–H groups in total. The van der Waals surface area contributed by atoms with Gasteiger partial charge in [0.05, 0.1) is 25.2 Å². The van der Waals surface area contributed by atoms with Crippen molar-refractivity contribution in [3.63, 3.8) is 0 Å². The number of pyridine rings is 3. The number of hydrogen-bond acceptors (Lipinski definition) is 0. The predicted molar refractivity (Wildman–Crippen MR) is 478 cm³/mol. The van der Waals surface area contributed by atoms with Crippen molar-refractivity contribution in [3.8, 4) is 67.9 Å². The number of aromatic nitrogens is 7. The molecule has 5 heterocycles. The highest BCUT2D eigenvalue weighted by molar-refractivity contribution is 5.68. The summed E-state index contributed by atoms with van der Waals surface area (Å²) in [4.78, 5) is 0. The lowest BCUT2D eigenvalue weighted by atomic mass is 9.83. The lowest BCUT2D eigenvalue weighted by Crippen LogP contribution is -2.33. The van der Waals surface area contributed by atoms with Crippen molar-refractivity contribution in [1.82, 2.24) is 9.13 Å². The minimum atomic E-state index is -2.16. The van der Waals surface area contributed by atoms with E-state index < -0.39 is 44.2 Å². The summed E-state index contributed by atoms with van der Waals surface area (Å²) < 4.78 is 111. The molecule has 0 aliphatic heterocycles. The fourth-order valence-electron chi connectivity index (χ4n) is 15.3. The molecule has 12 rings (SSSR count). The second kappa shape index (κ2) is 37.8. The van der Waals surface area contributed by atoms with Crippen LogP contribution in [0.2, 0.25) is 0 Å². The summed E-state index contributed by atoms with van der Waals surface area (Å²) in [6, 6.07) is 53.1. The fraction of sp³-hybridized carbons (Fsp3) is 0.400. The van der Waals surface area contributed by atoms with Crippen LogP contribution in [-0.4, -0.2) is 9.13 Å². The predicted octanol–water partition coefficient (Wildman–Crippen LogP) is 25.5. The van der Waals surface area contributed by atoms with Crippen LogP contribution in [0, 0.1) is 62.1 Å². The molecular weight excluding hydrogens is 1360 g/mol. The van der Waals surface area contributed by atoms with E-state index in [9.17, 15) is 0 Å². The largest absolute Gasteiger partial charge is 0.294 e. The third kappa shape index (κ3) is 20.6. The van der Waals surface area contributed by atoms with Crippen LogP contribution in [0.1, 0.15) is 295 Å². The first-order valence-electron chi connectivity index (χ1n) is 46.1. The molecule has 0 unspecified atom stereocenters. The smallest absolute Gasteiger partial charge is 0.232 e. The standard InChI is InChI=1S/C24H31N2.C23H29N2.C20H28N.2C19H26N/c1-16(2)20-9-8-10-21(17(3)4)23(20)26-14-13-25(7)24(26)22-12-11-18(5)15-19(22)6;1-16(2)19-12-9-13-20(17(3)4)22(19)25-15-14-24(6)23(25)21-11-8-7-10-18(21)5;1-13(2)18-11-20(21(7)12-19(18)14(3)4)17-9-8-15(5)10-16(17)6;1-13-8-9-16(14(2)10-13)18-11-17(19(4,5)6)15(3)12-20(18)7;1-13(2)17-11-19(16-10-8-7-9-15(16)5)20(6)12-18(17)14(3)4/h8-17H,1-7H3;7-17H,1-6H3;8-14H,1-7H3;8-12H,1-7H3;7-14H,1-6H3/q5*+1/i5D3,16D,17D;;;1D3,3D2;13D,14D. The number of hydrogen-bond donors (Lipinski definition) is 0. The summed E-state index contributed by atoms with van der Waals surface area (Å²) in [5.41, 5.74) is 29.4. The van der Waals surface area contributed by atoms with Crippen molar-refractivity contribution in [2.75, 3.05) is 0 Å². The Hall–Kier alpha value is -9.59. The maximum atomic E-state index is 8.74. The van der Waals surface area contributed by atoms with Gasteiger partial charge >= 0.3 is 0 Å². The van der Waals surface area contributed by atoms with Crippen LogP contribution in [0.4, 0.5) is 0 Å². The van der Waals surface area contributed by atoms with Crippen LogP contribution in [-0.2, 0) is 40.7 Å². The van der Waals surface area contributed by atoms with E-state index in [0.717, 1.165) is 73.0 Å². The van der Waals surface area contributed by atoms with Crippen LogP contribution < -0.4 is 22.8 Å². The summed E-state index contributed by atoms with van der Waals surface area (Å²) in [5.74, 6) is 0.972. The molecule has 0 aliphatic rings. The summed E-state index contributed by atoms with van der Waals surface area (Å²) >= 11 is 0. The van der Waals surface area contributed by atoms with Gasteiger partial charge in [-0.3, -0.25) is 0 Å². The topological polar surface area (TPSA) is 29.3 Å². The molecule has 0 saturated heterocycles. The molecular formula is C105H140N7+5. The summed E-state index contributed by atoms with van der Waals surface area (Å²) in [6.07, 6.45) is 14.4. The number of aryl methyl sites for hydroxylation is 14. The first-order valence-corrected chi connectivity index (χ1v) is 40.0. The van der Waals surface area contributed by atoms with Crippen molar-refractivity contribution in [3.05, 3.63) is 301 Å². The van der Waals surface area contributed by atoms with Crippen molar-refractivity contribution >= 4 is 0 Å². The van der Waals surface area contributed by atoms with Gasteiger partial charge in [-0.15, -0.1) is 0 Å². The third-order valence-corrected chi connectivity index (χ3v) is 21.4. The van der Waals surface area contributed by atoms with Gasteiger partial charge in [-0.05, 0) is 190 Å². The van der Waals surface area contributed by atoms with Gasteiger partial charge in [0.2, 0.25) is 17.1 Å². The van der Waals surface area contributed by atoms with Crippen LogP contribution >= 0.6 is 0 Å². The van der Waals surface area contributed by atoms with Crippen molar-refractivity contribution in [1.29, 1.82) is 0 Å². The lowest BCUT2D eigenvalue weighted by Gasteiger charge is -2.21. The second-order valence-electron chi connectivity index (χ2n) is 34.0. The van der Waals surface area contributed by atoms with Gasteiger partial charge in [0, 0.05) is 90.3 Å². The summed E-state index contributed by atoms with van der Waals surface area (Å²) in [6.45, 7) is 46.5. The van der Waals surface area contributed by atoms with Crippen LogP contribution in [0.25, 0.3) is 67.9 Å². The SMILES string of the molecule is Cc1ccc(-c2cc(C(C)C)c(C(C)C)c[n+]2C)c(C)c1.Cc1ccccc1-c1n(-c2c(C(C)C)cccc2C(C)C)cc[n+]1C.[2H]C(C)(C)c1cc(-c2ccccc2C)[n+](C)cc1C([2H])(C)C.[2H]C([2H])([2H])c1ccc(-c2n(-c3c(C([2H])(C)C)cccc3C([2H])(C)C)cc[n+]2C)c(C)c1.[2H]C([2H])c1c[n+](C)c(-c2ccc(C([2H])([2H])[2H])cc2C)cc1C(C)(C)C. The molecule has 5 aromatic heterocycles. The molecule has 590 valence electrons. The monoisotopic (exact) mass is 1510 g/mol. The fourth-order valence-corrected chi connectivity index (χ4v) is 15.3. The number of benzene rings is 7. The number of nitrogens with zero attached hydrogens (tertiary/aromatic N) is 7. The third-order valence-electron chi connectivity index (χ3n) is 21.4. The minimum Gasteiger partial charge on any atom is -0.232 e. The normalized spacial score (nSPS) is 13.7. The Bertz CT molecular complexity index is 5700. The van der Waals surface area contributed by atoms with Gasteiger partial charge < -0.3 is 0 Å². The van der Waals surface area contributed by atoms with Crippen LogP contribution in [0.15, 0.2) is 201 Å². The van der Waals surface area contributed by atoms with E-state index in [-0.39, 0.29) is 5.41 Å². The summed E-state index contributed by atoms with van der Waals surface area (Å²) in [5, 5.41) is 0. The van der Waals surface area contributed by atoms with Crippen molar-refractivity contribution < 1.29 is 39.3 Å². The van der Waals surface area contributed by atoms with Gasteiger partial charge in [-0.1, -0.05) is 257 Å². The van der Waals surface area contributed by atoms with E-state index >= 15 is 0 Å². The molecule has 0 fully saturated rings. The molecule has 0 amide bonds. The number of para-hydroxylation sites is 2. The number of imidazole rings is 2. The Kier molecular flexibility index (Phi) is 24.1. The Morgan fingerprint density at radius 2 is 0.661 bits per heavy atom. The van der Waals surface area contributed by atoms with E-state index in [1.165, 1.54) is 78.4 Å². The average molecular weight is 1510 g/mol. The van der Waals surface area contributed by atoms with E-state index in [1.54, 1.807) is 24.3 Å². The maximum absolute atomic E-state index is 8.74. The summed E-state index contributed by atoms with van der Waals surface area (Å²) in [7, 11) is 10.1. The molecule has 7 heteroatoms. The highest BCUT2D eigenvalue weighted by atomic mass is 15.2. The molecule has 0 radical (unpaired) electrons. The first kappa shape index (κ1) is 71.4. The Balaban J connectivity index is 0.000000193. The van der Waals surface area contributed by atoms with E-state index in [1.807, 2.05) is 177 Å². The van der Waals surface area contributed by atoms with Crippen molar-refractivity contribution in [2.24, 2.45) is 35.2 Å². The minimum absolute atomic E-state index is 0.189. The Morgan fingerprint density at radius 1 is 0.312 bits per heavy atom. The number of rotatable bonds is 15. The zero-order valence-electron chi connectivity index (χ0n) is 85.6. The molecule has 7 nitrogen and oxygen atoms in total. The zero-order chi connectivity index (χ0) is 93.1. The van der Waals surface area contributed by atoms with Gasteiger partial charge in [-0.25, -0.2) is 22.8 Å². The molecule has 112 heavy (non-hydrogen) atoms. The van der Waals surface area contributed by atoms with E-state index in [4.69, 9.17) is 16.4 Å². The lowest BCUT2D eigenvalue weighted by molar-refractivity contribution is -0.661. The quantitative estimate of drug-likeness (QED) is 0.0916. The Labute approximate surface area is 695 Å². The molecule has 0 atom stereocenters. The molecule has 7 aromatic carbocycles.